The number of benzene rings is 2. The van der Waals surface area contributed by atoms with Crippen molar-refractivity contribution in [2.75, 3.05) is 5.32 Å². The lowest BCUT2D eigenvalue weighted by molar-refractivity contribution is -0.114. The van der Waals surface area contributed by atoms with Gasteiger partial charge in [0, 0.05) is 18.2 Å². The first-order chi connectivity index (χ1) is 10.1. The zero-order chi connectivity index (χ0) is 15.1. The molecule has 2 amide bonds. The van der Waals surface area contributed by atoms with E-state index in [-0.39, 0.29) is 11.8 Å². The summed E-state index contributed by atoms with van der Waals surface area (Å²) in [6.07, 6.45) is 1.57. The number of hydrogen-bond acceptors (Lipinski definition) is 3. The summed E-state index contributed by atoms with van der Waals surface area (Å²) in [5, 5.41) is 6.53. The Kier molecular flexibility index (Phi) is 4.82. The Balaban J connectivity index is 1.94. The molecule has 0 radical (unpaired) electrons. The zero-order valence-corrected chi connectivity index (χ0v) is 11.5. The van der Waals surface area contributed by atoms with Crippen molar-refractivity contribution in [1.82, 2.24) is 5.43 Å². The van der Waals surface area contributed by atoms with Crippen molar-refractivity contribution in [1.29, 1.82) is 0 Å². The molecule has 0 atom stereocenters. The normalized spacial score (nSPS) is 10.3. The van der Waals surface area contributed by atoms with Crippen molar-refractivity contribution in [2.24, 2.45) is 5.10 Å². The van der Waals surface area contributed by atoms with Crippen molar-refractivity contribution in [3.8, 4) is 0 Å². The third-order valence-corrected chi connectivity index (χ3v) is 2.65. The SMILES string of the molecule is CC(=O)Nc1ccc(C(=O)N/N=C\c2ccccc2)cc1. The van der Waals surface area contributed by atoms with Crippen LogP contribution in [0.1, 0.15) is 22.8 Å². The van der Waals surface area contributed by atoms with Gasteiger partial charge in [-0.2, -0.15) is 5.10 Å². The summed E-state index contributed by atoms with van der Waals surface area (Å²) in [4.78, 5) is 22.8. The van der Waals surface area contributed by atoms with Gasteiger partial charge in [-0.25, -0.2) is 5.43 Å². The molecule has 0 spiro atoms. The van der Waals surface area contributed by atoms with E-state index in [4.69, 9.17) is 0 Å². The van der Waals surface area contributed by atoms with Crippen LogP contribution in [0.25, 0.3) is 0 Å². The predicted octanol–water partition coefficient (Wildman–Crippen LogP) is 2.41. The Labute approximate surface area is 122 Å². The van der Waals surface area contributed by atoms with Gasteiger partial charge < -0.3 is 5.32 Å². The van der Waals surface area contributed by atoms with Crippen LogP contribution < -0.4 is 10.7 Å². The number of nitrogens with zero attached hydrogens (tertiary/aromatic N) is 1. The van der Waals surface area contributed by atoms with Crippen molar-refractivity contribution < 1.29 is 9.59 Å². The quantitative estimate of drug-likeness (QED) is 0.667. The summed E-state index contributed by atoms with van der Waals surface area (Å²) in [5.41, 5.74) is 4.46. The average molecular weight is 281 g/mol. The summed E-state index contributed by atoms with van der Waals surface area (Å²) >= 11 is 0. The molecule has 0 aromatic heterocycles. The van der Waals surface area contributed by atoms with Crippen LogP contribution in [0, 0.1) is 0 Å². The van der Waals surface area contributed by atoms with E-state index in [1.54, 1.807) is 30.5 Å². The highest BCUT2D eigenvalue weighted by molar-refractivity contribution is 5.96. The van der Waals surface area contributed by atoms with Crippen LogP contribution in [0.4, 0.5) is 5.69 Å². The molecule has 5 nitrogen and oxygen atoms in total. The summed E-state index contributed by atoms with van der Waals surface area (Å²) in [6.45, 7) is 1.43. The lowest BCUT2D eigenvalue weighted by atomic mass is 10.2. The van der Waals surface area contributed by atoms with Gasteiger partial charge >= 0.3 is 0 Å². The van der Waals surface area contributed by atoms with Crippen LogP contribution in [0.3, 0.4) is 0 Å². The van der Waals surface area contributed by atoms with Gasteiger partial charge in [-0.15, -0.1) is 0 Å². The third-order valence-electron chi connectivity index (χ3n) is 2.65. The molecule has 0 bridgehead atoms. The minimum Gasteiger partial charge on any atom is -0.326 e. The first-order valence-corrected chi connectivity index (χ1v) is 6.41. The largest absolute Gasteiger partial charge is 0.326 e. The second-order valence-corrected chi connectivity index (χ2v) is 4.37. The second kappa shape index (κ2) is 7.00. The van der Waals surface area contributed by atoms with Crippen LogP contribution in [-0.2, 0) is 4.79 Å². The van der Waals surface area contributed by atoms with E-state index < -0.39 is 0 Å². The Hall–Kier alpha value is -2.95. The number of hydrogen-bond donors (Lipinski definition) is 2. The van der Waals surface area contributed by atoms with Crippen LogP contribution >= 0.6 is 0 Å². The summed E-state index contributed by atoms with van der Waals surface area (Å²) in [5.74, 6) is -0.462. The Morgan fingerprint density at radius 1 is 1.00 bits per heavy atom. The van der Waals surface area contributed by atoms with Gasteiger partial charge in [-0.05, 0) is 29.8 Å². The molecule has 5 heteroatoms. The third kappa shape index (κ3) is 4.58. The van der Waals surface area contributed by atoms with Crippen molar-refractivity contribution in [2.45, 2.75) is 6.92 Å². The predicted molar refractivity (Wildman–Crippen MR) is 82.2 cm³/mol. The maximum absolute atomic E-state index is 11.9. The van der Waals surface area contributed by atoms with E-state index in [9.17, 15) is 9.59 Å². The molecule has 0 aliphatic carbocycles. The second-order valence-electron chi connectivity index (χ2n) is 4.37. The minimum absolute atomic E-state index is 0.153. The highest BCUT2D eigenvalue weighted by atomic mass is 16.2. The Morgan fingerprint density at radius 2 is 1.67 bits per heavy atom. The topological polar surface area (TPSA) is 70.6 Å². The average Bonchev–Trinajstić information content (AvgIpc) is 2.48. The van der Waals surface area contributed by atoms with Gasteiger partial charge in [0.25, 0.3) is 5.91 Å². The van der Waals surface area contributed by atoms with Crippen LogP contribution in [0.5, 0.6) is 0 Å². The highest BCUT2D eigenvalue weighted by Crippen LogP contribution is 2.09. The van der Waals surface area contributed by atoms with E-state index >= 15 is 0 Å². The van der Waals surface area contributed by atoms with Gasteiger partial charge in [0.1, 0.15) is 0 Å². The number of rotatable bonds is 4. The Bertz CT molecular complexity index is 649. The van der Waals surface area contributed by atoms with Crippen LogP contribution in [0.2, 0.25) is 0 Å². The van der Waals surface area contributed by atoms with Crippen molar-refractivity contribution in [3.63, 3.8) is 0 Å². The lowest BCUT2D eigenvalue weighted by Crippen LogP contribution is -2.17. The molecular formula is C16H15N3O2. The number of hydrazone groups is 1. The standard InChI is InChI=1S/C16H15N3O2/c1-12(20)18-15-9-7-14(8-10-15)16(21)19-17-11-13-5-3-2-4-6-13/h2-11H,1H3,(H,18,20)(H,19,21)/b17-11-. The fraction of sp³-hybridized carbons (Fsp3) is 0.0625. The number of amides is 2. The van der Waals surface area contributed by atoms with Gasteiger partial charge in [-0.1, -0.05) is 30.3 Å². The Morgan fingerprint density at radius 3 is 2.29 bits per heavy atom. The number of nitrogens with one attached hydrogen (secondary N) is 2. The number of carbonyl (C=O) groups excluding carboxylic acids is 2. The fourth-order valence-electron chi connectivity index (χ4n) is 1.68. The monoisotopic (exact) mass is 281 g/mol. The number of carbonyl (C=O) groups is 2. The molecule has 2 N–H and O–H groups in total. The van der Waals surface area contributed by atoms with Gasteiger partial charge in [0.15, 0.2) is 0 Å². The molecule has 106 valence electrons. The fourth-order valence-corrected chi connectivity index (χ4v) is 1.68. The van der Waals surface area contributed by atoms with Gasteiger partial charge in [-0.3, -0.25) is 9.59 Å². The van der Waals surface area contributed by atoms with Crippen LogP contribution in [0.15, 0.2) is 59.7 Å². The molecule has 0 aliphatic heterocycles. The molecule has 21 heavy (non-hydrogen) atoms. The van der Waals surface area contributed by atoms with Gasteiger partial charge in [0.2, 0.25) is 5.91 Å². The summed E-state index contributed by atoms with van der Waals surface area (Å²) < 4.78 is 0. The zero-order valence-electron chi connectivity index (χ0n) is 11.5. The van der Waals surface area contributed by atoms with E-state index in [1.165, 1.54) is 6.92 Å². The molecular weight excluding hydrogens is 266 g/mol. The lowest BCUT2D eigenvalue weighted by Gasteiger charge is -2.03. The molecule has 0 heterocycles. The maximum atomic E-state index is 11.9. The van der Waals surface area contributed by atoms with E-state index in [2.05, 4.69) is 15.8 Å². The molecule has 0 aliphatic rings. The van der Waals surface area contributed by atoms with Crippen molar-refractivity contribution in [3.05, 3.63) is 65.7 Å². The number of anilines is 1. The summed E-state index contributed by atoms with van der Waals surface area (Å²) in [6, 6.07) is 16.0. The molecule has 2 aromatic carbocycles. The van der Waals surface area contributed by atoms with E-state index in [0.29, 0.717) is 11.3 Å². The summed E-state index contributed by atoms with van der Waals surface area (Å²) in [7, 11) is 0. The molecule has 0 fully saturated rings. The smallest absolute Gasteiger partial charge is 0.271 e. The van der Waals surface area contributed by atoms with Gasteiger partial charge in [0.05, 0.1) is 6.21 Å². The highest BCUT2D eigenvalue weighted by Gasteiger charge is 2.04. The van der Waals surface area contributed by atoms with Crippen LogP contribution in [-0.4, -0.2) is 18.0 Å². The van der Waals surface area contributed by atoms with E-state index in [1.807, 2.05) is 30.3 Å². The maximum Gasteiger partial charge on any atom is 0.271 e. The van der Waals surface area contributed by atoms with Crippen molar-refractivity contribution >= 4 is 23.7 Å². The van der Waals surface area contributed by atoms with E-state index in [0.717, 1.165) is 5.56 Å². The first-order valence-electron chi connectivity index (χ1n) is 6.41. The molecule has 0 saturated carbocycles. The molecule has 2 aromatic rings. The molecule has 0 saturated heterocycles. The molecule has 0 unspecified atom stereocenters. The minimum atomic E-state index is -0.309. The first kappa shape index (κ1) is 14.5. The molecule has 2 rings (SSSR count).